The molecule has 6 heterocycles. The number of piperazine rings is 1. The van der Waals surface area contributed by atoms with Crippen LogP contribution in [0.1, 0.15) is 128 Å². The van der Waals surface area contributed by atoms with Gasteiger partial charge < -0.3 is 49.7 Å². The van der Waals surface area contributed by atoms with Crippen LogP contribution in [0.5, 0.6) is 34.6 Å². The van der Waals surface area contributed by atoms with E-state index in [-0.39, 0.29) is 63.3 Å². The van der Waals surface area contributed by atoms with Crippen LogP contribution in [0.25, 0.3) is 11.0 Å². The van der Waals surface area contributed by atoms with E-state index in [0.717, 1.165) is 94.8 Å². The van der Waals surface area contributed by atoms with Gasteiger partial charge in [0.2, 0.25) is 5.75 Å². The van der Waals surface area contributed by atoms with Gasteiger partial charge in [-0.05, 0) is 118 Å². The molecule has 2 saturated carbocycles. The summed E-state index contributed by atoms with van der Waals surface area (Å²) in [6.07, 6.45) is 9.69. The van der Waals surface area contributed by atoms with Crippen LogP contribution >= 0.6 is 0 Å². The third kappa shape index (κ3) is 11.7. The van der Waals surface area contributed by atoms with Crippen LogP contribution < -0.4 is 45.0 Å². The molecule has 2 saturated heterocycles. The SMILES string of the molecule is CCOc1nc2[nH]cc(F)c2cc1Oc1cc(N2CCC3(CC2)CC(N2CCN(Cc4ccc(OC)c5c4OCCO5)C[C@H]2c2ccccc2C(C)C)C3)ccc1C(=O)NC(=O)C(=O)c1cnc(NCC2CCC(C)(O)CC2)c(N)c1. The summed E-state index contributed by atoms with van der Waals surface area (Å²) in [5.74, 6) is -0.250. The minimum atomic E-state index is -1.19. The van der Waals surface area contributed by atoms with Gasteiger partial charge in [0, 0.05) is 99.2 Å². The number of carbonyl (C=O) groups excluding carboxylic acids is 3. The molecule has 19 heteroatoms. The number of nitrogens with two attached hydrogens (primary N) is 1. The number of ketones is 1. The number of halogens is 1. The number of amides is 2. The number of hydrogen-bond acceptors (Lipinski definition) is 16. The minimum absolute atomic E-state index is 0.0480. The first-order valence-electron chi connectivity index (χ1n) is 28.6. The molecule has 428 valence electrons. The zero-order chi connectivity index (χ0) is 56.6. The van der Waals surface area contributed by atoms with Gasteiger partial charge in [-0.2, -0.15) is 4.98 Å². The van der Waals surface area contributed by atoms with Gasteiger partial charge in [-0.3, -0.25) is 29.5 Å². The van der Waals surface area contributed by atoms with Crippen LogP contribution in [-0.2, 0) is 11.3 Å². The Hall–Kier alpha value is -7.48. The third-order valence-electron chi connectivity index (χ3n) is 17.4. The maximum atomic E-state index is 15.0. The molecule has 0 unspecified atom stereocenters. The zero-order valence-electron chi connectivity index (χ0n) is 46.9. The first kappa shape index (κ1) is 55.4. The maximum absolute atomic E-state index is 15.0. The number of aliphatic hydroxyl groups is 1. The van der Waals surface area contributed by atoms with Gasteiger partial charge in [0.1, 0.15) is 36.2 Å². The van der Waals surface area contributed by atoms with Gasteiger partial charge in [0.05, 0.1) is 36.0 Å². The van der Waals surface area contributed by atoms with Crippen molar-refractivity contribution in [3.63, 3.8) is 0 Å². The molecule has 3 aliphatic heterocycles. The van der Waals surface area contributed by atoms with Gasteiger partial charge in [0.15, 0.2) is 17.2 Å². The molecule has 0 bridgehead atoms. The second-order valence-corrected chi connectivity index (χ2v) is 23.2. The van der Waals surface area contributed by atoms with Crippen molar-refractivity contribution in [2.24, 2.45) is 11.3 Å². The number of piperidine rings is 1. The Morgan fingerprint density at radius 3 is 2.44 bits per heavy atom. The van der Waals surface area contributed by atoms with Crippen molar-refractivity contribution < 1.29 is 47.6 Å². The predicted molar refractivity (Wildman–Crippen MR) is 306 cm³/mol. The van der Waals surface area contributed by atoms with E-state index < -0.39 is 29.0 Å². The number of Topliss-reactive ketones (excluding diaryl/α,β-unsaturated/α-hetero) is 1. The molecular formula is C62H74FN9O9. The number of aromatic amines is 1. The number of carbonyl (C=O) groups is 3. The van der Waals surface area contributed by atoms with Crippen molar-refractivity contribution >= 4 is 45.8 Å². The monoisotopic (exact) mass is 1110 g/mol. The molecule has 2 aliphatic carbocycles. The number of aromatic nitrogens is 3. The van der Waals surface area contributed by atoms with E-state index in [1.165, 1.54) is 35.7 Å². The minimum Gasteiger partial charge on any atom is -0.493 e. The van der Waals surface area contributed by atoms with E-state index >= 15 is 4.39 Å². The number of methoxy groups -OCH3 is 1. The number of anilines is 3. The van der Waals surface area contributed by atoms with Gasteiger partial charge in [-0.1, -0.05) is 44.2 Å². The highest BCUT2D eigenvalue weighted by Crippen LogP contribution is 2.54. The van der Waals surface area contributed by atoms with Crippen LogP contribution in [0.3, 0.4) is 0 Å². The van der Waals surface area contributed by atoms with Gasteiger partial charge >= 0.3 is 0 Å². The van der Waals surface area contributed by atoms with Crippen LogP contribution in [0.4, 0.5) is 21.6 Å². The number of fused-ring (bicyclic) bond motifs is 2. The lowest BCUT2D eigenvalue weighted by Gasteiger charge is -2.58. The van der Waals surface area contributed by atoms with Crippen molar-refractivity contribution in [2.45, 2.75) is 109 Å². The van der Waals surface area contributed by atoms with E-state index in [0.29, 0.717) is 67.8 Å². The number of nitrogen functional groups attached to an aromatic ring is 1. The smallest absolute Gasteiger partial charge is 0.299 e. The Kier molecular flexibility index (Phi) is 15.9. The number of ether oxygens (including phenoxy) is 5. The van der Waals surface area contributed by atoms with Crippen LogP contribution in [0.2, 0.25) is 0 Å². The van der Waals surface area contributed by atoms with E-state index in [1.807, 2.05) is 19.1 Å². The highest BCUT2D eigenvalue weighted by Gasteiger charge is 2.50. The fourth-order valence-electron chi connectivity index (χ4n) is 12.8. The Morgan fingerprint density at radius 2 is 1.70 bits per heavy atom. The van der Waals surface area contributed by atoms with Gasteiger partial charge in [0.25, 0.3) is 23.5 Å². The topological polar surface area (TPSA) is 219 Å². The first-order chi connectivity index (χ1) is 39.1. The molecule has 6 aromatic rings. The van der Waals surface area contributed by atoms with Gasteiger partial charge in [-0.15, -0.1) is 0 Å². The zero-order valence-corrected chi connectivity index (χ0v) is 46.9. The molecule has 4 fully saturated rings. The van der Waals surface area contributed by atoms with Crippen LogP contribution in [-0.4, -0.2) is 125 Å². The van der Waals surface area contributed by atoms with Crippen molar-refractivity contribution in [2.75, 3.05) is 82.1 Å². The van der Waals surface area contributed by atoms with Gasteiger partial charge in [-0.25, -0.2) is 9.37 Å². The molecular weight excluding hydrogens is 1030 g/mol. The number of rotatable bonds is 17. The summed E-state index contributed by atoms with van der Waals surface area (Å²) >= 11 is 0. The van der Waals surface area contributed by atoms with E-state index in [9.17, 15) is 19.5 Å². The van der Waals surface area contributed by atoms with Crippen molar-refractivity contribution in [3.05, 3.63) is 113 Å². The molecule has 5 aliphatic rings. The van der Waals surface area contributed by atoms with E-state index in [2.05, 4.69) is 84.5 Å². The van der Waals surface area contributed by atoms with Crippen LogP contribution in [0, 0.1) is 17.2 Å². The number of nitrogens with one attached hydrogen (secondary N) is 3. The quantitative estimate of drug-likeness (QED) is 0.0424. The Balaban J connectivity index is 0.784. The maximum Gasteiger partial charge on any atom is 0.299 e. The summed E-state index contributed by atoms with van der Waals surface area (Å²) in [5, 5.41) is 16.0. The molecule has 81 heavy (non-hydrogen) atoms. The van der Waals surface area contributed by atoms with Crippen LogP contribution in [0.15, 0.2) is 79.1 Å². The lowest BCUT2D eigenvalue weighted by atomic mass is 9.59. The van der Waals surface area contributed by atoms with Crippen molar-refractivity contribution in [1.29, 1.82) is 0 Å². The lowest BCUT2D eigenvalue weighted by molar-refractivity contribution is -0.116. The summed E-state index contributed by atoms with van der Waals surface area (Å²) in [4.78, 5) is 60.5. The highest BCUT2D eigenvalue weighted by atomic mass is 19.1. The average molecular weight is 1110 g/mol. The predicted octanol–water partition coefficient (Wildman–Crippen LogP) is 9.57. The first-order valence-corrected chi connectivity index (χ1v) is 28.6. The van der Waals surface area contributed by atoms with E-state index in [4.69, 9.17) is 29.4 Å². The average Bonchev–Trinajstić information content (AvgIpc) is 3.95. The summed E-state index contributed by atoms with van der Waals surface area (Å²) < 4.78 is 45.2. The molecule has 6 N–H and O–H groups in total. The van der Waals surface area contributed by atoms with Crippen molar-refractivity contribution in [1.82, 2.24) is 30.1 Å². The summed E-state index contributed by atoms with van der Waals surface area (Å²) in [6.45, 7) is 15.0. The third-order valence-corrected chi connectivity index (χ3v) is 17.4. The Labute approximate surface area is 471 Å². The molecule has 1 atom stereocenters. The molecule has 0 radical (unpaired) electrons. The fourth-order valence-corrected chi connectivity index (χ4v) is 12.8. The lowest BCUT2D eigenvalue weighted by Crippen LogP contribution is -2.60. The second kappa shape index (κ2) is 23.2. The molecule has 18 nitrogen and oxygen atoms in total. The molecule has 3 aromatic heterocycles. The second-order valence-electron chi connectivity index (χ2n) is 23.2. The number of H-pyrrole nitrogens is 1. The number of benzene rings is 3. The molecule has 1 spiro atoms. The number of hydrogen-bond donors (Lipinski definition) is 5. The van der Waals surface area contributed by atoms with E-state index in [1.54, 1.807) is 26.2 Å². The summed E-state index contributed by atoms with van der Waals surface area (Å²) in [7, 11) is 1.66. The standard InChI is InChI=1S/C62H74FN9O9/c1-6-78-60-52(29-46-47(63)34-67-56(46)68-60)81-51-28-41(12-13-45(51)58(74)69-59(75)53(73)40-27-48(64)57(66-33-40)65-32-38-15-17-61(4,76)18-16-38)71-21-19-62(20-22-71)30-42(31-62)72-24-23-70(36-49(72)44-10-8-7-9-43(44)37(2)3)35-39-11-14-50(77-5)55-54(39)79-25-26-80-55/h7-14,27-29,33-34,37-38,42,49,76H,6,15-26,30-32,35-36,64H2,1-5H3,(H,65,66)(H,67,68)(H,69,74,75)/t38?,49-,61?/m0/s1. The molecule has 2 amide bonds. The number of imide groups is 1. The Bertz CT molecular complexity index is 3300. The normalized spacial score (nSPS) is 21.2. The fraction of sp³-hybridized carbons (Fsp3) is 0.468. The number of pyridine rings is 2. The Morgan fingerprint density at radius 1 is 0.938 bits per heavy atom. The molecule has 3 aromatic carbocycles. The van der Waals surface area contributed by atoms with Crippen molar-refractivity contribution in [3.8, 4) is 34.6 Å². The summed E-state index contributed by atoms with van der Waals surface area (Å²) in [5.41, 5.74) is 10.8. The number of nitrogens with zero attached hydrogens (tertiary/aromatic N) is 5. The molecule has 11 rings (SSSR count). The largest absolute Gasteiger partial charge is 0.493 e. The highest BCUT2D eigenvalue weighted by molar-refractivity contribution is 6.45. The summed E-state index contributed by atoms with van der Waals surface area (Å²) in [6, 6.07) is 21.6.